The van der Waals surface area contributed by atoms with Crippen molar-refractivity contribution in [3.05, 3.63) is 76.6 Å². The van der Waals surface area contributed by atoms with E-state index in [1.807, 2.05) is 30.2 Å². The van der Waals surface area contributed by atoms with Gasteiger partial charge in [-0.3, -0.25) is 9.78 Å². The lowest BCUT2D eigenvalue weighted by molar-refractivity contribution is 0.0192. The molecule has 1 aliphatic heterocycles. The molecule has 2 aliphatic rings. The van der Waals surface area contributed by atoms with Crippen molar-refractivity contribution in [1.82, 2.24) is 9.88 Å². The summed E-state index contributed by atoms with van der Waals surface area (Å²) in [6.07, 6.45) is 6.06. The Morgan fingerprint density at radius 3 is 2.66 bits per heavy atom. The van der Waals surface area contributed by atoms with Crippen molar-refractivity contribution in [2.24, 2.45) is 0 Å². The predicted molar refractivity (Wildman–Crippen MR) is 114 cm³/mol. The summed E-state index contributed by atoms with van der Waals surface area (Å²) in [4.78, 5) is 19.7. The number of rotatable bonds is 3. The Balaban J connectivity index is 1.56. The van der Waals surface area contributed by atoms with Crippen LogP contribution in [0.25, 0.3) is 10.8 Å². The third kappa shape index (κ3) is 3.22. The molecule has 0 spiro atoms. The maximum atomic E-state index is 13.3. The highest BCUT2D eigenvalue weighted by atomic mass is 16.3. The van der Waals surface area contributed by atoms with E-state index in [4.69, 9.17) is 0 Å². The van der Waals surface area contributed by atoms with E-state index in [2.05, 4.69) is 35.3 Å². The van der Waals surface area contributed by atoms with Gasteiger partial charge >= 0.3 is 0 Å². The minimum Gasteiger partial charge on any atom is -0.391 e. The first-order valence-electron chi connectivity index (χ1n) is 10.6. The molecular weight excluding hydrogens is 360 g/mol. The van der Waals surface area contributed by atoms with E-state index in [1.165, 1.54) is 5.39 Å². The van der Waals surface area contributed by atoms with Crippen LogP contribution in [0.5, 0.6) is 0 Å². The van der Waals surface area contributed by atoms with E-state index in [0.29, 0.717) is 6.54 Å². The molecule has 1 amide bonds. The standard InChI is InChI=1S/C25H26N2O2/c1-16-10-11-17(14-26-16)12-18-13-21-22(20-7-3-2-6-19(18)20)15-27(25(21)29)23-8-4-5-9-24(23)28/h2-3,6-7,10-11,13-14,23-24,28H,4-5,8-9,12,15H2,1H3/t23-,24-/m0/s1. The number of carbonyl (C=O) groups excluding carboxylic acids is 1. The summed E-state index contributed by atoms with van der Waals surface area (Å²) in [5.74, 6) is 0.0694. The Bertz CT molecular complexity index is 1070. The van der Waals surface area contributed by atoms with Gasteiger partial charge in [-0.15, -0.1) is 0 Å². The van der Waals surface area contributed by atoms with Gasteiger partial charge in [-0.05, 0) is 65.8 Å². The summed E-state index contributed by atoms with van der Waals surface area (Å²) in [5, 5.41) is 12.9. The van der Waals surface area contributed by atoms with Gasteiger partial charge in [-0.1, -0.05) is 43.2 Å². The van der Waals surface area contributed by atoms with E-state index in [9.17, 15) is 9.90 Å². The molecule has 1 fully saturated rings. The number of amides is 1. The van der Waals surface area contributed by atoms with Crippen LogP contribution in [-0.2, 0) is 13.0 Å². The van der Waals surface area contributed by atoms with Gasteiger partial charge in [0, 0.05) is 24.0 Å². The number of carbonyl (C=O) groups is 1. The minimum absolute atomic E-state index is 0.0628. The van der Waals surface area contributed by atoms with Crippen molar-refractivity contribution in [2.45, 2.75) is 57.7 Å². The first-order chi connectivity index (χ1) is 14.1. The Labute approximate surface area is 171 Å². The van der Waals surface area contributed by atoms with Crippen molar-refractivity contribution in [3.8, 4) is 0 Å². The largest absolute Gasteiger partial charge is 0.391 e. The van der Waals surface area contributed by atoms with Crippen LogP contribution >= 0.6 is 0 Å². The summed E-state index contributed by atoms with van der Waals surface area (Å²) < 4.78 is 0. The number of fused-ring (bicyclic) bond motifs is 3. The number of hydrogen-bond donors (Lipinski definition) is 1. The predicted octanol–water partition coefficient (Wildman–Crippen LogP) is 4.39. The van der Waals surface area contributed by atoms with Crippen LogP contribution in [-0.4, -0.2) is 33.0 Å². The van der Waals surface area contributed by atoms with Gasteiger partial charge in [0.05, 0.1) is 12.1 Å². The fourth-order valence-corrected chi connectivity index (χ4v) is 4.96. The maximum Gasteiger partial charge on any atom is 0.254 e. The first-order valence-corrected chi connectivity index (χ1v) is 10.6. The normalized spacial score (nSPS) is 21.6. The molecule has 148 valence electrons. The molecule has 1 saturated carbocycles. The second-order valence-corrected chi connectivity index (χ2v) is 8.44. The van der Waals surface area contributed by atoms with Crippen LogP contribution in [0.2, 0.25) is 0 Å². The highest BCUT2D eigenvalue weighted by Crippen LogP contribution is 2.37. The molecule has 1 N–H and O–H groups in total. The zero-order valence-corrected chi connectivity index (χ0v) is 16.8. The maximum absolute atomic E-state index is 13.3. The second kappa shape index (κ2) is 7.27. The number of benzene rings is 2. The Hall–Kier alpha value is -2.72. The molecular formula is C25H26N2O2. The van der Waals surface area contributed by atoms with Gasteiger partial charge in [0.2, 0.25) is 0 Å². The molecule has 5 rings (SSSR count). The average Bonchev–Trinajstić information content (AvgIpc) is 3.07. The topological polar surface area (TPSA) is 53.4 Å². The number of aliphatic hydroxyl groups is 1. The van der Waals surface area contributed by atoms with Crippen molar-refractivity contribution in [2.75, 3.05) is 0 Å². The molecule has 2 atom stereocenters. The quantitative estimate of drug-likeness (QED) is 0.726. The zero-order valence-electron chi connectivity index (χ0n) is 16.8. The van der Waals surface area contributed by atoms with E-state index in [1.54, 1.807) is 0 Å². The number of aromatic nitrogens is 1. The lowest BCUT2D eigenvalue weighted by atomic mass is 9.91. The molecule has 0 bridgehead atoms. The molecule has 0 unspecified atom stereocenters. The van der Waals surface area contributed by atoms with Crippen LogP contribution in [0.3, 0.4) is 0 Å². The van der Waals surface area contributed by atoms with Gasteiger partial charge in [-0.25, -0.2) is 0 Å². The van der Waals surface area contributed by atoms with Gasteiger partial charge in [0.1, 0.15) is 0 Å². The molecule has 2 aromatic carbocycles. The van der Waals surface area contributed by atoms with Gasteiger partial charge in [0.25, 0.3) is 5.91 Å². The summed E-state index contributed by atoms with van der Waals surface area (Å²) in [5.41, 5.74) is 5.21. The van der Waals surface area contributed by atoms with Gasteiger partial charge in [-0.2, -0.15) is 0 Å². The molecule has 2 heterocycles. The SMILES string of the molecule is Cc1ccc(Cc2cc3c(c4ccccc24)CN([C@H]2CCCC[C@@H]2O)C3=O)cn1. The number of hydrogen-bond acceptors (Lipinski definition) is 3. The third-order valence-electron chi connectivity index (χ3n) is 6.52. The van der Waals surface area contributed by atoms with Gasteiger partial charge < -0.3 is 10.0 Å². The zero-order chi connectivity index (χ0) is 20.0. The molecule has 4 nitrogen and oxygen atoms in total. The summed E-state index contributed by atoms with van der Waals surface area (Å²) in [7, 11) is 0. The number of aryl methyl sites for hydroxylation is 1. The highest BCUT2D eigenvalue weighted by Gasteiger charge is 2.38. The smallest absolute Gasteiger partial charge is 0.254 e. The molecule has 1 aliphatic carbocycles. The van der Waals surface area contributed by atoms with Crippen LogP contribution in [0.1, 0.15) is 58.4 Å². The molecule has 0 radical (unpaired) electrons. The lowest BCUT2D eigenvalue weighted by Gasteiger charge is -2.35. The fraction of sp³-hybridized carbons (Fsp3) is 0.360. The number of pyridine rings is 1. The molecule has 0 saturated heterocycles. The number of aliphatic hydroxyl groups excluding tert-OH is 1. The summed E-state index contributed by atoms with van der Waals surface area (Å²) >= 11 is 0. The molecule has 29 heavy (non-hydrogen) atoms. The molecule has 4 heteroatoms. The highest BCUT2D eigenvalue weighted by molar-refractivity contribution is 6.05. The van der Waals surface area contributed by atoms with Crippen LogP contribution in [0.4, 0.5) is 0 Å². The monoisotopic (exact) mass is 386 g/mol. The third-order valence-corrected chi connectivity index (χ3v) is 6.52. The summed E-state index contributed by atoms with van der Waals surface area (Å²) in [6.45, 7) is 2.59. The number of nitrogens with zero attached hydrogens (tertiary/aromatic N) is 2. The van der Waals surface area contributed by atoms with Crippen LogP contribution < -0.4 is 0 Å². The molecule has 1 aromatic heterocycles. The Kier molecular flexibility index (Phi) is 4.59. The fourth-order valence-electron chi connectivity index (χ4n) is 4.96. The van der Waals surface area contributed by atoms with Gasteiger partial charge in [0.15, 0.2) is 0 Å². The average molecular weight is 386 g/mol. The second-order valence-electron chi connectivity index (χ2n) is 8.44. The van der Waals surface area contributed by atoms with E-state index < -0.39 is 6.10 Å². The van der Waals surface area contributed by atoms with Crippen LogP contribution in [0, 0.1) is 6.92 Å². The van der Waals surface area contributed by atoms with Crippen molar-refractivity contribution >= 4 is 16.7 Å². The van der Waals surface area contributed by atoms with Crippen molar-refractivity contribution in [3.63, 3.8) is 0 Å². The van der Waals surface area contributed by atoms with Crippen LogP contribution in [0.15, 0.2) is 48.7 Å². The summed E-state index contributed by atoms with van der Waals surface area (Å²) in [6, 6.07) is 14.5. The minimum atomic E-state index is -0.411. The van der Waals surface area contributed by atoms with Crippen molar-refractivity contribution in [1.29, 1.82) is 0 Å². The van der Waals surface area contributed by atoms with E-state index in [0.717, 1.165) is 65.4 Å². The lowest BCUT2D eigenvalue weighted by Crippen LogP contribution is -2.45. The molecule has 3 aromatic rings. The van der Waals surface area contributed by atoms with Crippen molar-refractivity contribution < 1.29 is 9.90 Å². The Morgan fingerprint density at radius 2 is 1.90 bits per heavy atom. The first kappa shape index (κ1) is 18.3. The van der Waals surface area contributed by atoms with E-state index in [-0.39, 0.29) is 11.9 Å². The van der Waals surface area contributed by atoms with E-state index >= 15 is 0 Å². The Morgan fingerprint density at radius 1 is 1.10 bits per heavy atom.